The number of hydrogen-bond donors (Lipinski definition) is 0. The molecule has 0 fully saturated rings. The Kier molecular flexibility index (Phi) is 13.0. The second-order valence-corrected chi connectivity index (χ2v) is 4.05. The van der Waals surface area contributed by atoms with E-state index in [2.05, 4.69) is 12.2 Å². The molecular weight excluding hydrogens is 186 g/mol. The van der Waals surface area contributed by atoms with E-state index in [0.717, 1.165) is 12.8 Å². The Labute approximate surface area is 94.8 Å². The minimum Gasteiger partial charge on any atom is -0.277 e. The zero-order chi connectivity index (χ0) is 11.2. The van der Waals surface area contributed by atoms with Crippen LogP contribution >= 0.6 is 0 Å². The summed E-state index contributed by atoms with van der Waals surface area (Å²) in [6.45, 7) is 4.55. The second kappa shape index (κ2) is 13.5. The molecule has 0 aliphatic rings. The molecule has 0 N–H and O–H groups in total. The predicted molar refractivity (Wildman–Crippen MR) is 64.6 cm³/mol. The molecule has 2 heteroatoms. The monoisotopic (exact) mass is 211 g/mol. The van der Waals surface area contributed by atoms with Crippen LogP contribution in [0.2, 0.25) is 0 Å². The predicted octanol–water partition coefficient (Wildman–Crippen LogP) is 3.48. The standard InChI is InChI=1S/C13H25NO/c1-2-3-4-5-6-7-8-9-10-11-12-14-13-15/h13H,1-12H2. The fourth-order valence-electron chi connectivity index (χ4n) is 1.67. The first-order valence-electron chi connectivity index (χ1n) is 6.31. The van der Waals surface area contributed by atoms with Crippen molar-refractivity contribution in [1.29, 1.82) is 0 Å². The number of amides is 1. The van der Waals surface area contributed by atoms with E-state index in [0.29, 0.717) is 13.0 Å². The van der Waals surface area contributed by atoms with Crippen LogP contribution in [-0.2, 0) is 4.79 Å². The molecule has 2 radical (unpaired) electrons. The van der Waals surface area contributed by atoms with E-state index >= 15 is 0 Å². The SMILES string of the molecule is [CH2]CCCCCCCCCCC[N]C=O. The van der Waals surface area contributed by atoms with E-state index < -0.39 is 0 Å². The Hall–Kier alpha value is -0.530. The first-order chi connectivity index (χ1) is 7.41. The van der Waals surface area contributed by atoms with Crippen molar-refractivity contribution in [3.63, 3.8) is 0 Å². The molecule has 2 nitrogen and oxygen atoms in total. The lowest BCUT2D eigenvalue weighted by Crippen LogP contribution is -2.02. The molecule has 0 rings (SSSR count). The van der Waals surface area contributed by atoms with Gasteiger partial charge in [-0.15, -0.1) is 0 Å². The number of carbonyl (C=O) groups is 1. The lowest BCUT2D eigenvalue weighted by molar-refractivity contribution is -0.109. The van der Waals surface area contributed by atoms with Crippen LogP contribution in [-0.4, -0.2) is 13.0 Å². The molecule has 0 heterocycles. The molecule has 0 aromatic heterocycles. The highest BCUT2D eigenvalue weighted by molar-refractivity contribution is 5.45. The van der Waals surface area contributed by atoms with Gasteiger partial charge in [-0.1, -0.05) is 64.7 Å². The molecule has 0 spiro atoms. The van der Waals surface area contributed by atoms with Crippen molar-refractivity contribution < 1.29 is 4.79 Å². The summed E-state index contributed by atoms with van der Waals surface area (Å²) in [4.78, 5) is 9.89. The molecule has 88 valence electrons. The van der Waals surface area contributed by atoms with Crippen LogP contribution in [0, 0.1) is 6.92 Å². The Balaban J connectivity index is 2.83. The van der Waals surface area contributed by atoms with Crippen molar-refractivity contribution in [2.75, 3.05) is 6.54 Å². The zero-order valence-electron chi connectivity index (χ0n) is 9.92. The topological polar surface area (TPSA) is 31.2 Å². The van der Waals surface area contributed by atoms with Gasteiger partial charge in [0.05, 0.1) is 0 Å². The molecule has 0 unspecified atom stereocenters. The van der Waals surface area contributed by atoms with Gasteiger partial charge in [0.1, 0.15) is 0 Å². The zero-order valence-corrected chi connectivity index (χ0v) is 9.92. The van der Waals surface area contributed by atoms with Gasteiger partial charge in [-0.25, -0.2) is 0 Å². The second-order valence-electron chi connectivity index (χ2n) is 4.05. The Morgan fingerprint density at radius 2 is 1.27 bits per heavy atom. The number of unbranched alkanes of at least 4 members (excludes halogenated alkanes) is 9. The highest BCUT2D eigenvalue weighted by atomic mass is 16.1. The van der Waals surface area contributed by atoms with Crippen molar-refractivity contribution in [2.24, 2.45) is 0 Å². The summed E-state index contributed by atoms with van der Waals surface area (Å²) in [5, 5.41) is 3.65. The van der Waals surface area contributed by atoms with Gasteiger partial charge in [0.15, 0.2) is 0 Å². The van der Waals surface area contributed by atoms with Crippen molar-refractivity contribution in [1.82, 2.24) is 5.32 Å². The third-order valence-electron chi connectivity index (χ3n) is 2.61. The number of hydrogen-bond acceptors (Lipinski definition) is 1. The first-order valence-corrected chi connectivity index (χ1v) is 6.31. The van der Waals surface area contributed by atoms with Crippen LogP contribution in [0.15, 0.2) is 0 Å². The summed E-state index contributed by atoms with van der Waals surface area (Å²) in [5.74, 6) is 0. The molecule has 15 heavy (non-hydrogen) atoms. The molecule has 0 atom stereocenters. The molecule has 0 aromatic carbocycles. The maximum Gasteiger partial charge on any atom is 0.228 e. The molecule has 0 saturated heterocycles. The Morgan fingerprint density at radius 3 is 1.73 bits per heavy atom. The largest absolute Gasteiger partial charge is 0.277 e. The van der Waals surface area contributed by atoms with Crippen molar-refractivity contribution in [2.45, 2.75) is 64.2 Å². The lowest BCUT2D eigenvalue weighted by Gasteiger charge is -2.01. The smallest absolute Gasteiger partial charge is 0.228 e. The van der Waals surface area contributed by atoms with Gasteiger partial charge < -0.3 is 0 Å². The summed E-state index contributed by atoms with van der Waals surface area (Å²) in [6, 6.07) is 0. The van der Waals surface area contributed by atoms with E-state index in [9.17, 15) is 4.79 Å². The van der Waals surface area contributed by atoms with E-state index in [4.69, 9.17) is 0 Å². The summed E-state index contributed by atoms with van der Waals surface area (Å²) in [7, 11) is 0. The van der Waals surface area contributed by atoms with Gasteiger partial charge >= 0.3 is 0 Å². The van der Waals surface area contributed by atoms with Crippen LogP contribution in [0.3, 0.4) is 0 Å². The highest BCUT2D eigenvalue weighted by Crippen LogP contribution is 2.09. The third-order valence-corrected chi connectivity index (χ3v) is 2.61. The maximum absolute atomic E-state index is 9.89. The summed E-state index contributed by atoms with van der Waals surface area (Å²) in [6.07, 6.45) is 13.4. The third kappa shape index (κ3) is 13.5. The molecule has 0 saturated carbocycles. The summed E-state index contributed by atoms with van der Waals surface area (Å²) in [5.41, 5.74) is 0. The molecule has 0 aromatic rings. The van der Waals surface area contributed by atoms with Gasteiger partial charge in [0.2, 0.25) is 6.41 Å². The van der Waals surface area contributed by atoms with Gasteiger partial charge in [-0.2, -0.15) is 0 Å². The van der Waals surface area contributed by atoms with Gasteiger partial charge in [-0.05, 0) is 6.42 Å². The fourth-order valence-corrected chi connectivity index (χ4v) is 1.67. The van der Waals surface area contributed by atoms with Gasteiger partial charge in [-0.3, -0.25) is 10.1 Å². The first kappa shape index (κ1) is 14.5. The van der Waals surface area contributed by atoms with Gasteiger partial charge in [0, 0.05) is 6.54 Å². The van der Waals surface area contributed by atoms with E-state index in [1.54, 1.807) is 0 Å². The molecular formula is C13H25NO. The molecule has 0 aliphatic heterocycles. The van der Waals surface area contributed by atoms with Crippen LogP contribution in [0.1, 0.15) is 64.2 Å². The minimum absolute atomic E-state index is 0.655. The summed E-state index contributed by atoms with van der Waals surface area (Å²) >= 11 is 0. The average molecular weight is 211 g/mol. The molecule has 0 aliphatic carbocycles. The quantitative estimate of drug-likeness (QED) is 0.359. The van der Waals surface area contributed by atoms with Gasteiger partial charge in [0.25, 0.3) is 0 Å². The number of carbonyl (C=O) groups excluding carboxylic acids is 1. The van der Waals surface area contributed by atoms with E-state index in [1.165, 1.54) is 51.4 Å². The van der Waals surface area contributed by atoms with E-state index in [-0.39, 0.29) is 0 Å². The Morgan fingerprint density at radius 1 is 0.800 bits per heavy atom. The lowest BCUT2D eigenvalue weighted by atomic mass is 10.1. The average Bonchev–Trinajstić information content (AvgIpc) is 2.26. The van der Waals surface area contributed by atoms with Crippen LogP contribution < -0.4 is 5.32 Å². The highest BCUT2D eigenvalue weighted by Gasteiger charge is 1.92. The number of nitrogens with zero attached hydrogens (tertiary/aromatic N) is 1. The van der Waals surface area contributed by atoms with Crippen LogP contribution in [0.5, 0.6) is 0 Å². The molecule has 0 bridgehead atoms. The Bertz CT molecular complexity index is 126. The molecule has 1 amide bonds. The minimum atomic E-state index is 0.655. The van der Waals surface area contributed by atoms with Crippen LogP contribution in [0.4, 0.5) is 0 Å². The van der Waals surface area contributed by atoms with Crippen molar-refractivity contribution >= 4 is 6.41 Å². The summed E-state index contributed by atoms with van der Waals surface area (Å²) < 4.78 is 0. The number of rotatable bonds is 12. The van der Waals surface area contributed by atoms with Crippen molar-refractivity contribution in [3.8, 4) is 0 Å². The van der Waals surface area contributed by atoms with Crippen molar-refractivity contribution in [3.05, 3.63) is 6.92 Å². The van der Waals surface area contributed by atoms with E-state index in [1.807, 2.05) is 0 Å². The normalized spacial score (nSPS) is 10.2. The van der Waals surface area contributed by atoms with Crippen LogP contribution in [0.25, 0.3) is 0 Å². The maximum atomic E-state index is 9.89. The fraction of sp³-hybridized carbons (Fsp3) is 0.846.